The summed E-state index contributed by atoms with van der Waals surface area (Å²) in [5, 5.41) is 3.67. The Kier molecular flexibility index (Phi) is 5.08. The zero-order valence-electron chi connectivity index (χ0n) is 12.7. The van der Waals surface area contributed by atoms with E-state index in [1.807, 2.05) is 0 Å². The van der Waals surface area contributed by atoms with Crippen molar-refractivity contribution >= 4 is 0 Å². The lowest BCUT2D eigenvalue weighted by Gasteiger charge is -2.34. The minimum absolute atomic E-state index is 0.585. The molecule has 2 unspecified atom stereocenters. The first-order valence-corrected chi connectivity index (χ1v) is 8.04. The number of hydrogen-bond acceptors (Lipinski definition) is 2. The number of nitrogens with zero attached hydrogens (tertiary/aromatic N) is 1. The Labute approximate surface area is 114 Å². The monoisotopic (exact) mass is 252 g/mol. The van der Waals surface area contributed by atoms with Crippen LogP contribution in [0.15, 0.2) is 0 Å². The second kappa shape index (κ2) is 6.38. The Morgan fingerprint density at radius 3 is 2.50 bits per heavy atom. The van der Waals surface area contributed by atoms with E-state index >= 15 is 0 Å². The maximum absolute atomic E-state index is 3.67. The smallest absolute Gasteiger partial charge is 0.00472 e. The summed E-state index contributed by atoms with van der Waals surface area (Å²) in [7, 11) is 2.34. The third-order valence-electron chi connectivity index (χ3n) is 5.02. The van der Waals surface area contributed by atoms with Crippen LogP contribution in [-0.4, -0.2) is 38.1 Å². The van der Waals surface area contributed by atoms with Crippen LogP contribution in [0.4, 0.5) is 0 Å². The van der Waals surface area contributed by atoms with Gasteiger partial charge in [-0.15, -0.1) is 0 Å². The third-order valence-corrected chi connectivity index (χ3v) is 5.02. The largest absolute Gasteiger partial charge is 0.316 e. The molecule has 2 fully saturated rings. The van der Waals surface area contributed by atoms with Gasteiger partial charge in [-0.05, 0) is 56.5 Å². The average molecular weight is 252 g/mol. The van der Waals surface area contributed by atoms with Crippen LogP contribution in [0, 0.1) is 17.3 Å². The van der Waals surface area contributed by atoms with Crippen molar-refractivity contribution < 1.29 is 0 Å². The first kappa shape index (κ1) is 14.3. The Morgan fingerprint density at radius 1 is 1.28 bits per heavy atom. The van der Waals surface area contributed by atoms with Gasteiger partial charge in [0.25, 0.3) is 0 Å². The number of hydrogen-bond donors (Lipinski definition) is 1. The second-order valence-corrected chi connectivity index (χ2v) is 7.05. The Hall–Kier alpha value is -0.0800. The van der Waals surface area contributed by atoms with E-state index in [1.165, 1.54) is 64.7 Å². The minimum Gasteiger partial charge on any atom is -0.316 e. The van der Waals surface area contributed by atoms with E-state index in [9.17, 15) is 0 Å². The van der Waals surface area contributed by atoms with E-state index < -0.39 is 0 Å². The highest BCUT2D eigenvalue weighted by Gasteiger charge is 2.37. The summed E-state index contributed by atoms with van der Waals surface area (Å²) in [5.41, 5.74) is 0.585. The van der Waals surface area contributed by atoms with Crippen LogP contribution in [0.3, 0.4) is 0 Å². The van der Waals surface area contributed by atoms with Gasteiger partial charge in [0.1, 0.15) is 0 Å². The number of nitrogens with one attached hydrogen (secondary N) is 1. The van der Waals surface area contributed by atoms with Crippen LogP contribution >= 0.6 is 0 Å². The van der Waals surface area contributed by atoms with Gasteiger partial charge in [0.2, 0.25) is 0 Å². The van der Waals surface area contributed by atoms with Gasteiger partial charge in [0.15, 0.2) is 0 Å². The molecule has 0 aromatic rings. The highest BCUT2D eigenvalue weighted by molar-refractivity contribution is 4.91. The molecular weight excluding hydrogens is 220 g/mol. The van der Waals surface area contributed by atoms with Crippen molar-refractivity contribution in [2.45, 2.75) is 52.4 Å². The van der Waals surface area contributed by atoms with Crippen LogP contribution in [-0.2, 0) is 0 Å². The van der Waals surface area contributed by atoms with E-state index in [0.717, 1.165) is 11.8 Å². The predicted octanol–water partition coefficient (Wildman–Crippen LogP) is 3.13. The molecule has 2 saturated carbocycles. The van der Waals surface area contributed by atoms with Gasteiger partial charge in [0, 0.05) is 19.6 Å². The summed E-state index contributed by atoms with van der Waals surface area (Å²) < 4.78 is 0. The predicted molar refractivity (Wildman–Crippen MR) is 78.8 cm³/mol. The molecule has 0 aliphatic heterocycles. The molecular formula is C16H32N2. The van der Waals surface area contributed by atoms with Gasteiger partial charge in [-0.3, -0.25) is 0 Å². The summed E-state index contributed by atoms with van der Waals surface area (Å²) in [6.07, 6.45) is 8.49. The molecule has 18 heavy (non-hydrogen) atoms. The van der Waals surface area contributed by atoms with E-state index in [4.69, 9.17) is 0 Å². The lowest BCUT2D eigenvalue weighted by Crippen LogP contribution is -2.42. The molecule has 1 N–H and O–H groups in total. The van der Waals surface area contributed by atoms with Crippen molar-refractivity contribution in [2.75, 3.05) is 33.2 Å². The van der Waals surface area contributed by atoms with Crippen LogP contribution in [0.1, 0.15) is 52.4 Å². The fraction of sp³-hybridized carbons (Fsp3) is 1.00. The lowest BCUT2D eigenvalue weighted by atomic mass is 9.85. The fourth-order valence-electron chi connectivity index (χ4n) is 3.74. The SMILES string of the molecule is CCCNCC1(CN(C)CC2CC2C)CCCC1. The average Bonchev–Trinajstić information content (AvgIpc) is 2.83. The molecule has 0 saturated heterocycles. The molecule has 0 aromatic heterocycles. The summed E-state index contributed by atoms with van der Waals surface area (Å²) in [4.78, 5) is 2.62. The van der Waals surface area contributed by atoms with Crippen molar-refractivity contribution in [3.05, 3.63) is 0 Å². The first-order valence-electron chi connectivity index (χ1n) is 8.04. The van der Waals surface area contributed by atoms with Crippen molar-refractivity contribution in [2.24, 2.45) is 17.3 Å². The van der Waals surface area contributed by atoms with Gasteiger partial charge >= 0.3 is 0 Å². The van der Waals surface area contributed by atoms with E-state index in [2.05, 4.69) is 31.1 Å². The topological polar surface area (TPSA) is 15.3 Å². The van der Waals surface area contributed by atoms with E-state index in [-0.39, 0.29) is 0 Å². The van der Waals surface area contributed by atoms with Crippen molar-refractivity contribution in [1.82, 2.24) is 10.2 Å². The molecule has 2 nitrogen and oxygen atoms in total. The third kappa shape index (κ3) is 3.96. The molecule has 2 atom stereocenters. The molecule has 0 aromatic carbocycles. The maximum atomic E-state index is 3.67. The van der Waals surface area contributed by atoms with Gasteiger partial charge in [-0.25, -0.2) is 0 Å². The van der Waals surface area contributed by atoms with Crippen LogP contribution in [0.5, 0.6) is 0 Å². The van der Waals surface area contributed by atoms with Crippen LogP contribution < -0.4 is 5.32 Å². The second-order valence-electron chi connectivity index (χ2n) is 7.05. The molecule has 2 rings (SSSR count). The van der Waals surface area contributed by atoms with E-state index in [1.54, 1.807) is 0 Å². The zero-order chi connectivity index (χ0) is 13.0. The van der Waals surface area contributed by atoms with Crippen LogP contribution in [0.2, 0.25) is 0 Å². The quantitative estimate of drug-likeness (QED) is 0.668. The summed E-state index contributed by atoms with van der Waals surface area (Å²) in [5.74, 6) is 1.99. The standard InChI is InChI=1S/C16H32N2/c1-4-9-17-12-16(7-5-6-8-16)13-18(3)11-15-10-14(15)2/h14-15,17H,4-13H2,1-3H3. The van der Waals surface area contributed by atoms with Gasteiger partial charge in [-0.1, -0.05) is 26.7 Å². The van der Waals surface area contributed by atoms with Crippen molar-refractivity contribution in [1.29, 1.82) is 0 Å². The Balaban J connectivity index is 1.77. The van der Waals surface area contributed by atoms with Gasteiger partial charge < -0.3 is 10.2 Å². The molecule has 0 spiro atoms. The summed E-state index contributed by atoms with van der Waals surface area (Å²) >= 11 is 0. The minimum atomic E-state index is 0.585. The highest BCUT2D eigenvalue weighted by atomic mass is 15.1. The van der Waals surface area contributed by atoms with E-state index in [0.29, 0.717) is 5.41 Å². The molecule has 0 amide bonds. The first-order chi connectivity index (χ1) is 8.65. The maximum Gasteiger partial charge on any atom is 0.00472 e. The summed E-state index contributed by atoms with van der Waals surface area (Å²) in [6.45, 7) is 9.72. The molecule has 2 aliphatic carbocycles. The molecule has 0 heterocycles. The molecule has 2 heteroatoms. The van der Waals surface area contributed by atoms with Gasteiger partial charge in [-0.2, -0.15) is 0 Å². The highest BCUT2D eigenvalue weighted by Crippen LogP contribution is 2.41. The molecule has 106 valence electrons. The summed E-state index contributed by atoms with van der Waals surface area (Å²) in [6, 6.07) is 0. The van der Waals surface area contributed by atoms with Crippen LogP contribution in [0.25, 0.3) is 0 Å². The van der Waals surface area contributed by atoms with Crippen molar-refractivity contribution in [3.8, 4) is 0 Å². The Bertz CT molecular complexity index is 245. The lowest BCUT2D eigenvalue weighted by molar-refractivity contribution is 0.167. The molecule has 0 radical (unpaired) electrons. The fourth-order valence-corrected chi connectivity index (χ4v) is 3.74. The number of rotatable bonds is 8. The molecule has 2 aliphatic rings. The normalized spacial score (nSPS) is 30.0. The Morgan fingerprint density at radius 2 is 1.94 bits per heavy atom. The van der Waals surface area contributed by atoms with Gasteiger partial charge in [0.05, 0.1) is 0 Å². The molecule has 0 bridgehead atoms. The van der Waals surface area contributed by atoms with Crippen molar-refractivity contribution in [3.63, 3.8) is 0 Å². The zero-order valence-corrected chi connectivity index (χ0v) is 12.7.